The molecule has 0 aliphatic carbocycles. The molecule has 1 amide bonds. The number of hydrazine groups is 1. The van der Waals surface area contributed by atoms with Gasteiger partial charge in [-0.2, -0.15) is 5.10 Å². The van der Waals surface area contributed by atoms with Gasteiger partial charge in [-0.1, -0.05) is 0 Å². The number of hydrogen-bond acceptors (Lipinski definition) is 4. The molecule has 84 valence electrons. The quantitative estimate of drug-likeness (QED) is 0.424. The average molecular weight is 211 g/mol. The zero-order chi connectivity index (χ0) is 11.4. The SMILES string of the molecule is Cc1nc(C)n(C(C)CCC(=O)NN)n1. The minimum atomic E-state index is -0.156. The van der Waals surface area contributed by atoms with Crippen molar-refractivity contribution in [1.29, 1.82) is 0 Å². The second-order valence-corrected chi connectivity index (χ2v) is 3.61. The maximum Gasteiger partial charge on any atom is 0.233 e. The second kappa shape index (κ2) is 4.88. The summed E-state index contributed by atoms with van der Waals surface area (Å²) in [4.78, 5) is 15.2. The first-order valence-electron chi connectivity index (χ1n) is 4.93. The molecule has 0 fully saturated rings. The van der Waals surface area contributed by atoms with Crippen molar-refractivity contribution < 1.29 is 4.79 Å². The van der Waals surface area contributed by atoms with E-state index >= 15 is 0 Å². The van der Waals surface area contributed by atoms with E-state index in [1.54, 1.807) is 0 Å². The maximum atomic E-state index is 11.0. The summed E-state index contributed by atoms with van der Waals surface area (Å²) in [5.41, 5.74) is 2.11. The van der Waals surface area contributed by atoms with Crippen LogP contribution in [0.1, 0.15) is 37.5 Å². The molecule has 3 N–H and O–H groups in total. The van der Waals surface area contributed by atoms with Gasteiger partial charge in [0, 0.05) is 6.42 Å². The highest BCUT2D eigenvalue weighted by atomic mass is 16.2. The number of nitrogens with one attached hydrogen (secondary N) is 1. The standard InChI is InChI=1S/C9H17N5O/c1-6(4-5-9(15)12-10)14-8(3)11-7(2)13-14/h6H,4-5,10H2,1-3H3,(H,12,15). The number of amides is 1. The molecule has 6 nitrogen and oxygen atoms in total. The lowest BCUT2D eigenvalue weighted by Gasteiger charge is -2.12. The minimum absolute atomic E-state index is 0.156. The number of hydrogen-bond donors (Lipinski definition) is 2. The Kier molecular flexibility index (Phi) is 3.79. The number of carbonyl (C=O) groups excluding carboxylic acids is 1. The van der Waals surface area contributed by atoms with Crippen LogP contribution in [0.3, 0.4) is 0 Å². The average Bonchev–Trinajstić information content (AvgIpc) is 2.53. The van der Waals surface area contributed by atoms with Crippen LogP contribution in [0.4, 0.5) is 0 Å². The fourth-order valence-electron chi connectivity index (χ4n) is 1.49. The smallest absolute Gasteiger partial charge is 0.233 e. The predicted molar refractivity (Wildman–Crippen MR) is 55.8 cm³/mol. The zero-order valence-corrected chi connectivity index (χ0v) is 9.32. The van der Waals surface area contributed by atoms with Gasteiger partial charge in [-0.3, -0.25) is 10.2 Å². The van der Waals surface area contributed by atoms with Gasteiger partial charge in [-0.15, -0.1) is 0 Å². The third kappa shape index (κ3) is 3.02. The van der Waals surface area contributed by atoms with Gasteiger partial charge in [0.15, 0.2) is 0 Å². The molecule has 1 rings (SSSR count). The molecule has 0 aliphatic rings. The first kappa shape index (κ1) is 11.6. The lowest BCUT2D eigenvalue weighted by Crippen LogP contribution is -2.30. The van der Waals surface area contributed by atoms with Crippen LogP contribution in [-0.2, 0) is 4.79 Å². The summed E-state index contributed by atoms with van der Waals surface area (Å²) in [6, 6.07) is 0.156. The van der Waals surface area contributed by atoms with Crippen LogP contribution in [0.15, 0.2) is 0 Å². The number of aromatic nitrogens is 3. The Labute approximate surface area is 88.8 Å². The summed E-state index contributed by atoms with van der Waals surface area (Å²) >= 11 is 0. The van der Waals surface area contributed by atoms with Crippen molar-refractivity contribution in [2.24, 2.45) is 5.84 Å². The molecule has 1 atom stereocenters. The van der Waals surface area contributed by atoms with Crippen LogP contribution < -0.4 is 11.3 Å². The molecule has 1 aromatic rings. The maximum absolute atomic E-state index is 11.0. The van der Waals surface area contributed by atoms with Gasteiger partial charge in [0.05, 0.1) is 6.04 Å². The summed E-state index contributed by atoms with van der Waals surface area (Å²) in [6.45, 7) is 5.76. The Bertz CT molecular complexity index is 346. The fourth-order valence-corrected chi connectivity index (χ4v) is 1.49. The van der Waals surface area contributed by atoms with Gasteiger partial charge in [0.2, 0.25) is 5.91 Å². The molecule has 0 radical (unpaired) electrons. The molecular formula is C9H17N5O. The predicted octanol–water partition coefficient (Wildman–Crippen LogP) is 0.226. The van der Waals surface area contributed by atoms with Crippen LogP contribution in [0.25, 0.3) is 0 Å². The molecule has 6 heteroatoms. The van der Waals surface area contributed by atoms with Crippen molar-refractivity contribution in [3.05, 3.63) is 11.6 Å². The summed E-state index contributed by atoms with van der Waals surface area (Å²) in [5.74, 6) is 6.46. The molecular weight excluding hydrogens is 194 g/mol. The molecule has 1 unspecified atom stereocenters. The Hall–Kier alpha value is -1.43. The lowest BCUT2D eigenvalue weighted by atomic mass is 10.2. The summed E-state index contributed by atoms with van der Waals surface area (Å²) in [6.07, 6.45) is 1.10. The Morgan fingerprint density at radius 2 is 2.27 bits per heavy atom. The molecule has 0 spiro atoms. The van der Waals surface area contributed by atoms with Crippen LogP contribution >= 0.6 is 0 Å². The van der Waals surface area contributed by atoms with Gasteiger partial charge < -0.3 is 0 Å². The topological polar surface area (TPSA) is 85.8 Å². The number of carbonyl (C=O) groups is 1. The Morgan fingerprint density at radius 1 is 1.60 bits per heavy atom. The molecule has 1 heterocycles. The minimum Gasteiger partial charge on any atom is -0.294 e. The highest BCUT2D eigenvalue weighted by Crippen LogP contribution is 2.13. The third-order valence-electron chi connectivity index (χ3n) is 2.28. The van der Waals surface area contributed by atoms with E-state index in [-0.39, 0.29) is 11.9 Å². The van der Waals surface area contributed by atoms with Crippen molar-refractivity contribution >= 4 is 5.91 Å². The van der Waals surface area contributed by atoms with E-state index in [9.17, 15) is 4.79 Å². The largest absolute Gasteiger partial charge is 0.294 e. The normalized spacial score (nSPS) is 12.5. The van der Waals surface area contributed by atoms with Crippen molar-refractivity contribution in [2.75, 3.05) is 0 Å². The molecule has 0 bridgehead atoms. The highest BCUT2D eigenvalue weighted by Gasteiger charge is 2.11. The third-order valence-corrected chi connectivity index (χ3v) is 2.28. The fraction of sp³-hybridized carbons (Fsp3) is 0.667. The van der Waals surface area contributed by atoms with Crippen LogP contribution in [-0.4, -0.2) is 20.7 Å². The summed E-state index contributed by atoms with van der Waals surface area (Å²) < 4.78 is 1.83. The van der Waals surface area contributed by atoms with E-state index in [4.69, 9.17) is 5.84 Å². The van der Waals surface area contributed by atoms with Crippen LogP contribution in [0, 0.1) is 13.8 Å². The molecule has 0 aliphatic heterocycles. The molecule has 15 heavy (non-hydrogen) atoms. The van der Waals surface area contributed by atoms with Crippen LogP contribution in [0.5, 0.6) is 0 Å². The monoisotopic (exact) mass is 211 g/mol. The molecule has 0 aromatic carbocycles. The number of nitrogens with two attached hydrogens (primary N) is 1. The van der Waals surface area contributed by atoms with Gasteiger partial charge in [0.25, 0.3) is 0 Å². The lowest BCUT2D eigenvalue weighted by molar-refractivity contribution is -0.121. The van der Waals surface area contributed by atoms with Gasteiger partial charge in [-0.05, 0) is 27.2 Å². The zero-order valence-electron chi connectivity index (χ0n) is 9.32. The number of aryl methyl sites for hydroxylation is 2. The second-order valence-electron chi connectivity index (χ2n) is 3.61. The Morgan fingerprint density at radius 3 is 2.73 bits per heavy atom. The first-order chi connectivity index (χ1) is 7.04. The molecule has 1 aromatic heterocycles. The van der Waals surface area contributed by atoms with Gasteiger partial charge in [0.1, 0.15) is 11.6 Å². The first-order valence-corrected chi connectivity index (χ1v) is 4.93. The summed E-state index contributed by atoms with van der Waals surface area (Å²) in [7, 11) is 0. The molecule has 0 saturated carbocycles. The van der Waals surface area contributed by atoms with Crippen molar-refractivity contribution in [2.45, 2.75) is 39.7 Å². The summed E-state index contributed by atoms with van der Waals surface area (Å²) in [5, 5.41) is 4.26. The van der Waals surface area contributed by atoms with E-state index in [2.05, 4.69) is 15.5 Å². The van der Waals surface area contributed by atoms with Crippen LogP contribution in [0.2, 0.25) is 0 Å². The van der Waals surface area contributed by atoms with E-state index < -0.39 is 0 Å². The Balaban J connectivity index is 2.57. The van der Waals surface area contributed by atoms with Gasteiger partial charge >= 0.3 is 0 Å². The number of nitrogens with zero attached hydrogens (tertiary/aromatic N) is 3. The van der Waals surface area contributed by atoms with Crippen molar-refractivity contribution in [1.82, 2.24) is 20.2 Å². The van der Waals surface area contributed by atoms with Gasteiger partial charge in [-0.25, -0.2) is 15.5 Å². The molecule has 0 saturated heterocycles. The highest BCUT2D eigenvalue weighted by molar-refractivity contribution is 5.75. The number of rotatable bonds is 4. The van der Waals surface area contributed by atoms with Crippen molar-refractivity contribution in [3.63, 3.8) is 0 Å². The van der Waals surface area contributed by atoms with Crippen molar-refractivity contribution in [3.8, 4) is 0 Å². The van der Waals surface area contributed by atoms with E-state index in [0.717, 1.165) is 11.6 Å². The van der Waals surface area contributed by atoms with E-state index in [0.29, 0.717) is 12.8 Å². The van der Waals surface area contributed by atoms with E-state index in [1.165, 1.54) is 0 Å². The van der Waals surface area contributed by atoms with E-state index in [1.807, 2.05) is 25.5 Å².